The van der Waals surface area contributed by atoms with Crippen molar-refractivity contribution in [1.82, 2.24) is 29.0 Å². The Morgan fingerprint density at radius 1 is 0.810 bits per heavy atom. The SMILES string of the molecule is CC(C)c1ccc(Nc2nc([C@H](C)N3CCN(S(=O)(=O)c4ccc(-n5cccn5)cc4)CC3)nc3ccccc23)cc1. The highest BCUT2D eigenvalue weighted by atomic mass is 32.2. The van der Waals surface area contributed by atoms with Gasteiger partial charge in [-0.1, -0.05) is 38.1 Å². The topological polar surface area (TPSA) is 96.2 Å². The van der Waals surface area contributed by atoms with Crippen LogP contribution in [0.5, 0.6) is 0 Å². The summed E-state index contributed by atoms with van der Waals surface area (Å²) in [6, 6.07) is 25.0. The van der Waals surface area contributed by atoms with Crippen LogP contribution in [0, 0.1) is 0 Å². The van der Waals surface area contributed by atoms with Crippen molar-refractivity contribution in [3.05, 3.63) is 103 Å². The van der Waals surface area contributed by atoms with Crippen LogP contribution in [0.4, 0.5) is 11.5 Å². The number of rotatable bonds is 8. The lowest BCUT2D eigenvalue weighted by Gasteiger charge is -2.36. The molecule has 42 heavy (non-hydrogen) atoms. The normalized spacial score (nSPS) is 15.7. The number of sulfonamides is 1. The molecule has 0 unspecified atom stereocenters. The lowest BCUT2D eigenvalue weighted by molar-refractivity contribution is 0.141. The van der Waals surface area contributed by atoms with Crippen LogP contribution in [0.1, 0.15) is 44.1 Å². The first-order valence-corrected chi connectivity index (χ1v) is 15.7. The summed E-state index contributed by atoms with van der Waals surface area (Å²) in [5, 5.41) is 8.67. The molecule has 0 bridgehead atoms. The molecule has 6 rings (SSSR count). The van der Waals surface area contributed by atoms with E-state index in [1.807, 2.05) is 36.5 Å². The summed E-state index contributed by atoms with van der Waals surface area (Å²) >= 11 is 0. The third-order valence-corrected chi connectivity index (χ3v) is 9.81. The highest BCUT2D eigenvalue weighted by Gasteiger charge is 2.31. The van der Waals surface area contributed by atoms with E-state index < -0.39 is 10.0 Å². The smallest absolute Gasteiger partial charge is 0.243 e. The molecule has 1 aliphatic heterocycles. The number of hydrogen-bond donors (Lipinski definition) is 1. The highest BCUT2D eigenvalue weighted by Crippen LogP contribution is 2.29. The number of aromatic nitrogens is 4. The first kappa shape index (κ1) is 28.0. The van der Waals surface area contributed by atoms with E-state index in [0.29, 0.717) is 37.9 Å². The third-order valence-electron chi connectivity index (χ3n) is 7.90. The predicted octanol–water partition coefficient (Wildman–Crippen LogP) is 5.75. The molecule has 9 nitrogen and oxygen atoms in total. The Labute approximate surface area is 246 Å². The molecule has 1 atom stereocenters. The van der Waals surface area contributed by atoms with Gasteiger partial charge in [0.25, 0.3) is 0 Å². The van der Waals surface area contributed by atoms with Crippen molar-refractivity contribution in [3.63, 3.8) is 0 Å². The van der Waals surface area contributed by atoms with Gasteiger partial charge < -0.3 is 5.32 Å². The summed E-state index contributed by atoms with van der Waals surface area (Å²) in [4.78, 5) is 12.4. The largest absolute Gasteiger partial charge is 0.340 e. The first-order chi connectivity index (χ1) is 20.3. The quantitative estimate of drug-likeness (QED) is 0.249. The van der Waals surface area contributed by atoms with Gasteiger partial charge in [-0.05, 0) is 73.0 Å². The second-order valence-electron chi connectivity index (χ2n) is 10.9. The number of hydrogen-bond acceptors (Lipinski definition) is 7. The van der Waals surface area contributed by atoms with E-state index in [1.165, 1.54) is 5.56 Å². The van der Waals surface area contributed by atoms with Gasteiger partial charge in [0.15, 0.2) is 0 Å². The number of nitrogens with zero attached hydrogens (tertiary/aromatic N) is 6. The zero-order chi connectivity index (χ0) is 29.3. The van der Waals surface area contributed by atoms with E-state index in [4.69, 9.17) is 9.97 Å². The molecule has 0 spiro atoms. The van der Waals surface area contributed by atoms with E-state index in [2.05, 4.69) is 60.4 Å². The molecule has 0 aliphatic carbocycles. The molecule has 2 aromatic heterocycles. The molecule has 3 aromatic carbocycles. The van der Waals surface area contributed by atoms with E-state index in [9.17, 15) is 8.42 Å². The molecule has 10 heteroatoms. The summed E-state index contributed by atoms with van der Waals surface area (Å²) in [5.74, 6) is 1.94. The number of nitrogens with one attached hydrogen (secondary N) is 1. The molecular weight excluding hydrogens is 546 g/mol. The maximum atomic E-state index is 13.4. The highest BCUT2D eigenvalue weighted by molar-refractivity contribution is 7.89. The summed E-state index contributed by atoms with van der Waals surface area (Å²) in [5.41, 5.74) is 3.94. The van der Waals surface area contributed by atoms with Gasteiger partial charge in [0.2, 0.25) is 10.0 Å². The summed E-state index contributed by atoms with van der Waals surface area (Å²) in [6.07, 6.45) is 3.52. The van der Waals surface area contributed by atoms with Gasteiger partial charge in [-0.25, -0.2) is 23.1 Å². The molecule has 3 heterocycles. The Morgan fingerprint density at radius 2 is 1.52 bits per heavy atom. The van der Waals surface area contributed by atoms with Crippen molar-refractivity contribution in [2.24, 2.45) is 0 Å². The molecule has 0 amide bonds. The predicted molar refractivity (Wildman–Crippen MR) is 166 cm³/mol. The molecule has 216 valence electrons. The minimum atomic E-state index is -3.60. The molecule has 1 saturated heterocycles. The Balaban J connectivity index is 1.17. The standard InChI is InChI=1S/C32H35N7O2S/c1-23(2)25-9-11-26(12-10-25)34-32-29-7-4-5-8-30(29)35-31(36-32)24(3)37-19-21-38(22-20-37)42(40,41)28-15-13-27(14-16-28)39-18-6-17-33-39/h4-18,23-24H,19-22H2,1-3H3,(H,34,35,36)/t24-/m0/s1. The maximum absolute atomic E-state index is 13.4. The Bertz CT molecular complexity index is 1760. The van der Waals surface area contributed by atoms with Crippen molar-refractivity contribution < 1.29 is 8.42 Å². The zero-order valence-electron chi connectivity index (χ0n) is 24.1. The van der Waals surface area contributed by atoms with Crippen molar-refractivity contribution in [1.29, 1.82) is 0 Å². The van der Waals surface area contributed by atoms with Crippen LogP contribution in [-0.2, 0) is 10.0 Å². The van der Waals surface area contributed by atoms with Crippen molar-refractivity contribution in [3.8, 4) is 5.69 Å². The fourth-order valence-electron chi connectivity index (χ4n) is 5.30. The van der Waals surface area contributed by atoms with Crippen molar-refractivity contribution in [2.45, 2.75) is 37.6 Å². The lowest BCUT2D eigenvalue weighted by atomic mass is 10.0. The van der Waals surface area contributed by atoms with Gasteiger partial charge in [-0.2, -0.15) is 9.40 Å². The summed E-state index contributed by atoms with van der Waals surface area (Å²) in [6.45, 7) is 8.42. The minimum absolute atomic E-state index is 0.0864. The average molecular weight is 582 g/mol. The van der Waals surface area contributed by atoms with Crippen LogP contribution in [0.3, 0.4) is 0 Å². The fraction of sp³-hybridized carbons (Fsp3) is 0.281. The average Bonchev–Trinajstić information content (AvgIpc) is 3.56. The van der Waals surface area contributed by atoms with E-state index in [1.54, 1.807) is 39.4 Å². The maximum Gasteiger partial charge on any atom is 0.243 e. The number of para-hydroxylation sites is 1. The Hall–Kier alpha value is -4.12. The lowest BCUT2D eigenvalue weighted by Crippen LogP contribution is -2.49. The Kier molecular flexibility index (Phi) is 7.76. The van der Waals surface area contributed by atoms with Crippen LogP contribution < -0.4 is 5.32 Å². The number of piperazine rings is 1. The molecule has 0 saturated carbocycles. The van der Waals surface area contributed by atoms with E-state index in [-0.39, 0.29) is 10.9 Å². The van der Waals surface area contributed by atoms with E-state index in [0.717, 1.165) is 28.1 Å². The summed E-state index contributed by atoms with van der Waals surface area (Å²) in [7, 11) is -3.60. The van der Waals surface area contributed by atoms with Gasteiger partial charge in [-0.3, -0.25) is 4.90 Å². The molecule has 5 aromatic rings. The second-order valence-corrected chi connectivity index (χ2v) is 12.8. The van der Waals surface area contributed by atoms with Gasteiger partial charge in [-0.15, -0.1) is 0 Å². The Morgan fingerprint density at radius 3 is 2.19 bits per heavy atom. The van der Waals surface area contributed by atoms with Crippen molar-refractivity contribution in [2.75, 3.05) is 31.5 Å². The van der Waals surface area contributed by atoms with Gasteiger partial charge in [0.1, 0.15) is 11.6 Å². The third kappa shape index (κ3) is 5.65. The molecule has 1 aliphatic rings. The number of benzene rings is 3. The molecular formula is C32H35N7O2S. The number of anilines is 2. The minimum Gasteiger partial charge on any atom is -0.340 e. The van der Waals surface area contributed by atoms with Crippen molar-refractivity contribution >= 4 is 32.4 Å². The van der Waals surface area contributed by atoms with Crippen LogP contribution >= 0.6 is 0 Å². The monoisotopic (exact) mass is 581 g/mol. The van der Waals surface area contributed by atoms with Gasteiger partial charge in [0, 0.05) is 49.6 Å². The molecule has 1 fully saturated rings. The fourth-order valence-corrected chi connectivity index (χ4v) is 6.72. The summed E-state index contributed by atoms with van der Waals surface area (Å²) < 4.78 is 30.1. The zero-order valence-corrected chi connectivity index (χ0v) is 24.9. The first-order valence-electron chi connectivity index (χ1n) is 14.3. The second kappa shape index (κ2) is 11.6. The molecule has 1 N–H and O–H groups in total. The van der Waals surface area contributed by atoms with Crippen LogP contribution in [-0.4, -0.2) is 63.6 Å². The van der Waals surface area contributed by atoms with Gasteiger partial charge >= 0.3 is 0 Å². The van der Waals surface area contributed by atoms with Gasteiger partial charge in [0.05, 0.1) is 22.1 Å². The van der Waals surface area contributed by atoms with E-state index >= 15 is 0 Å². The number of fused-ring (bicyclic) bond motifs is 1. The van der Waals surface area contributed by atoms with Crippen LogP contribution in [0.15, 0.2) is 96.2 Å². The van der Waals surface area contributed by atoms with Crippen LogP contribution in [0.25, 0.3) is 16.6 Å². The molecule has 0 radical (unpaired) electrons. The van der Waals surface area contributed by atoms with Crippen LogP contribution in [0.2, 0.25) is 0 Å².